The van der Waals surface area contributed by atoms with Gasteiger partial charge in [0.15, 0.2) is 0 Å². The fourth-order valence-electron chi connectivity index (χ4n) is 1.84. The van der Waals surface area contributed by atoms with Crippen LogP contribution in [-0.2, 0) is 4.74 Å². The Morgan fingerprint density at radius 1 is 1.55 bits per heavy atom. The highest BCUT2D eigenvalue weighted by molar-refractivity contribution is 7.11. The molecule has 0 radical (unpaired) electrons. The molecule has 7 heteroatoms. The number of nitrogens with one attached hydrogen (secondary N) is 1. The van der Waals surface area contributed by atoms with Gasteiger partial charge in [-0.05, 0) is 24.0 Å². The van der Waals surface area contributed by atoms with Crippen LogP contribution in [0, 0.1) is 0 Å². The Kier molecular flexibility index (Phi) is 5.28. The predicted molar refractivity (Wildman–Crippen MR) is 80.7 cm³/mol. The molecule has 0 amide bonds. The quantitative estimate of drug-likeness (QED) is 0.718. The molecule has 2 aromatic rings. The molecule has 0 spiro atoms. The van der Waals surface area contributed by atoms with Crippen molar-refractivity contribution < 1.29 is 9.84 Å². The summed E-state index contributed by atoms with van der Waals surface area (Å²) in [6.45, 7) is 0.960. The summed E-state index contributed by atoms with van der Waals surface area (Å²) < 4.78 is 9.06. The average Bonchev–Trinajstić information content (AvgIpc) is 2.81. The molecular weight excluding hydrogens is 276 g/mol. The van der Waals surface area contributed by atoms with Crippen LogP contribution in [0.1, 0.15) is 6.42 Å². The molecule has 0 aromatic carbocycles. The Labute approximate surface area is 121 Å². The number of ether oxygens (including phenoxy) is 1. The number of aliphatic hydroxyl groups excluding tert-OH is 1. The van der Waals surface area contributed by atoms with Gasteiger partial charge in [-0.2, -0.15) is 4.37 Å². The molecule has 0 saturated heterocycles. The molecule has 0 bridgehead atoms. The van der Waals surface area contributed by atoms with E-state index in [4.69, 9.17) is 10.5 Å². The number of nitrogen functional groups attached to an aromatic ring is 1. The minimum absolute atomic E-state index is 0.335. The molecule has 2 rings (SSSR count). The number of rotatable bonds is 7. The molecule has 0 aliphatic rings. The summed E-state index contributed by atoms with van der Waals surface area (Å²) in [5.41, 5.74) is 7.71. The second kappa shape index (κ2) is 7.18. The number of methoxy groups -OCH3 is 1. The maximum Gasteiger partial charge on any atom is 0.147 e. The zero-order valence-corrected chi connectivity index (χ0v) is 12.1. The molecule has 6 nitrogen and oxygen atoms in total. The predicted octanol–water partition coefficient (Wildman–Crippen LogP) is 1.60. The summed E-state index contributed by atoms with van der Waals surface area (Å²) in [7, 11) is 1.57. The van der Waals surface area contributed by atoms with E-state index in [0.29, 0.717) is 25.4 Å². The first-order valence-corrected chi connectivity index (χ1v) is 7.06. The van der Waals surface area contributed by atoms with Gasteiger partial charge in [-0.15, -0.1) is 0 Å². The van der Waals surface area contributed by atoms with Gasteiger partial charge in [-0.25, -0.2) is 0 Å². The van der Waals surface area contributed by atoms with Crippen molar-refractivity contribution in [2.75, 3.05) is 31.3 Å². The smallest absolute Gasteiger partial charge is 0.147 e. The molecule has 2 heterocycles. The summed E-state index contributed by atoms with van der Waals surface area (Å²) in [4.78, 5) is 4.09. The third-order valence-corrected chi connectivity index (χ3v) is 3.61. The zero-order chi connectivity index (χ0) is 14.4. The lowest BCUT2D eigenvalue weighted by Crippen LogP contribution is -2.18. The Bertz CT molecular complexity index is 532. The van der Waals surface area contributed by atoms with Gasteiger partial charge in [0.1, 0.15) is 10.8 Å². The Morgan fingerprint density at radius 2 is 2.40 bits per heavy atom. The van der Waals surface area contributed by atoms with Crippen molar-refractivity contribution in [3.05, 3.63) is 24.5 Å². The number of hydrogen-bond donors (Lipinski definition) is 3. The van der Waals surface area contributed by atoms with Crippen molar-refractivity contribution in [1.29, 1.82) is 0 Å². The van der Waals surface area contributed by atoms with Gasteiger partial charge < -0.3 is 20.9 Å². The second-order valence-electron chi connectivity index (χ2n) is 4.34. The Hall–Kier alpha value is -1.70. The van der Waals surface area contributed by atoms with Crippen molar-refractivity contribution in [1.82, 2.24) is 9.36 Å². The van der Waals surface area contributed by atoms with Crippen LogP contribution < -0.4 is 11.1 Å². The maximum absolute atomic E-state index is 9.61. The molecule has 0 aliphatic carbocycles. The number of aromatic nitrogens is 2. The molecule has 1 unspecified atom stereocenters. The normalized spacial score (nSPS) is 12.3. The summed E-state index contributed by atoms with van der Waals surface area (Å²) >= 11 is 1.31. The highest BCUT2D eigenvalue weighted by Gasteiger charge is 2.14. The van der Waals surface area contributed by atoms with E-state index in [9.17, 15) is 5.11 Å². The topological polar surface area (TPSA) is 93.3 Å². The van der Waals surface area contributed by atoms with Crippen molar-refractivity contribution >= 4 is 22.4 Å². The molecule has 4 N–H and O–H groups in total. The van der Waals surface area contributed by atoms with Crippen molar-refractivity contribution in [3.8, 4) is 11.1 Å². The van der Waals surface area contributed by atoms with Gasteiger partial charge in [-0.1, -0.05) is 6.07 Å². The van der Waals surface area contributed by atoms with Crippen LogP contribution in [0.15, 0.2) is 24.5 Å². The van der Waals surface area contributed by atoms with Crippen molar-refractivity contribution in [2.45, 2.75) is 12.5 Å². The summed E-state index contributed by atoms with van der Waals surface area (Å²) in [5.74, 6) is 0.489. The summed E-state index contributed by atoms with van der Waals surface area (Å²) in [6.07, 6.45) is 3.59. The molecule has 0 saturated carbocycles. The van der Waals surface area contributed by atoms with Crippen LogP contribution in [0.3, 0.4) is 0 Å². The van der Waals surface area contributed by atoms with E-state index in [-0.39, 0.29) is 0 Å². The molecule has 0 fully saturated rings. The third-order valence-electron chi connectivity index (χ3n) is 2.79. The van der Waals surface area contributed by atoms with Gasteiger partial charge >= 0.3 is 0 Å². The molecular formula is C13H18N4O2S. The van der Waals surface area contributed by atoms with E-state index < -0.39 is 6.10 Å². The van der Waals surface area contributed by atoms with Crippen molar-refractivity contribution in [2.24, 2.45) is 0 Å². The minimum Gasteiger partial charge on any atom is -0.391 e. The van der Waals surface area contributed by atoms with Crippen LogP contribution in [0.4, 0.5) is 10.8 Å². The number of nitrogens with two attached hydrogens (primary N) is 1. The standard InChI is InChI=1S/C13H18N4O2S/c1-19-8-10(18)4-6-16-13-11(12(14)17-20-13)9-3-2-5-15-7-9/h2-3,5,7,10,16,18H,4,6,8H2,1H3,(H2,14,17). The first kappa shape index (κ1) is 14.7. The molecule has 0 aliphatic heterocycles. The van der Waals surface area contributed by atoms with Crippen LogP contribution in [0.2, 0.25) is 0 Å². The fraction of sp³-hybridized carbons (Fsp3) is 0.385. The SMILES string of the molecule is COCC(O)CCNc1snc(N)c1-c1cccnc1. The largest absolute Gasteiger partial charge is 0.391 e. The van der Waals surface area contributed by atoms with Crippen LogP contribution in [-0.4, -0.2) is 40.8 Å². The minimum atomic E-state index is -0.473. The van der Waals surface area contributed by atoms with E-state index in [2.05, 4.69) is 14.7 Å². The monoisotopic (exact) mass is 294 g/mol. The van der Waals surface area contributed by atoms with Crippen LogP contribution >= 0.6 is 11.5 Å². The van der Waals surface area contributed by atoms with Gasteiger partial charge in [0.25, 0.3) is 0 Å². The fourth-order valence-corrected chi connectivity index (χ4v) is 2.60. The number of aliphatic hydroxyl groups is 1. The zero-order valence-electron chi connectivity index (χ0n) is 11.2. The maximum atomic E-state index is 9.61. The van der Waals surface area contributed by atoms with E-state index in [1.807, 2.05) is 12.1 Å². The van der Waals surface area contributed by atoms with E-state index in [1.54, 1.807) is 19.5 Å². The summed E-state index contributed by atoms with van der Waals surface area (Å²) in [6, 6.07) is 3.80. The number of anilines is 2. The molecule has 2 aromatic heterocycles. The molecule has 20 heavy (non-hydrogen) atoms. The number of nitrogens with zero attached hydrogens (tertiary/aromatic N) is 2. The average molecular weight is 294 g/mol. The van der Waals surface area contributed by atoms with E-state index in [0.717, 1.165) is 16.1 Å². The third kappa shape index (κ3) is 3.66. The Morgan fingerprint density at radius 3 is 3.10 bits per heavy atom. The number of pyridine rings is 1. The highest BCUT2D eigenvalue weighted by Crippen LogP contribution is 2.36. The van der Waals surface area contributed by atoms with Gasteiger partial charge in [0, 0.05) is 31.6 Å². The lowest BCUT2D eigenvalue weighted by molar-refractivity contribution is 0.0615. The molecule has 1 atom stereocenters. The van der Waals surface area contributed by atoms with E-state index >= 15 is 0 Å². The van der Waals surface area contributed by atoms with Gasteiger partial charge in [0.2, 0.25) is 0 Å². The number of hydrogen-bond acceptors (Lipinski definition) is 7. The summed E-state index contributed by atoms with van der Waals surface area (Å²) in [5, 5.41) is 13.8. The first-order valence-electron chi connectivity index (χ1n) is 6.28. The highest BCUT2D eigenvalue weighted by atomic mass is 32.1. The Balaban J connectivity index is 2.03. The second-order valence-corrected chi connectivity index (χ2v) is 5.11. The van der Waals surface area contributed by atoms with Gasteiger partial charge in [-0.3, -0.25) is 4.98 Å². The lowest BCUT2D eigenvalue weighted by Gasteiger charge is -2.11. The lowest BCUT2D eigenvalue weighted by atomic mass is 10.1. The van der Waals surface area contributed by atoms with E-state index in [1.165, 1.54) is 11.5 Å². The van der Waals surface area contributed by atoms with Crippen LogP contribution in [0.25, 0.3) is 11.1 Å². The molecule has 108 valence electrons. The van der Waals surface area contributed by atoms with Gasteiger partial charge in [0.05, 0.1) is 18.3 Å². The van der Waals surface area contributed by atoms with Crippen molar-refractivity contribution in [3.63, 3.8) is 0 Å². The van der Waals surface area contributed by atoms with Crippen LogP contribution in [0.5, 0.6) is 0 Å². The first-order chi connectivity index (χ1) is 9.72.